The Hall–Kier alpha value is -0.670. The molecule has 1 aromatic rings. The molecule has 0 radical (unpaired) electrons. The van der Waals surface area contributed by atoms with Crippen molar-refractivity contribution in [2.75, 3.05) is 13.7 Å². The van der Waals surface area contributed by atoms with E-state index in [9.17, 15) is 4.79 Å². The standard InChI is InChI=1S/C10H14O2S/c1-12-6-4-10(11)3-2-9-5-7-13-8-9/h5,7-8H,2-4,6H2,1H3. The fraction of sp³-hybridized carbons (Fsp3) is 0.500. The van der Waals surface area contributed by atoms with Crippen molar-refractivity contribution in [3.8, 4) is 0 Å². The van der Waals surface area contributed by atoms with Crippen LogP contribution in [0.1, 0.15) is 18.4 Å². The first-order chi connectivity index (χ1) is 6.33. The molecule has 2 nitrogen and oxygen atoms in total. The molecular formula is C10H14O2S. The molecule has 3 heteroatoms. The van der Waals surface area contributed by atoms with E-state index in [0.717, 1.165) is 6.42 Å². The van der Waals surface area contributed by atoms with Gasteiger partial charge in [-0.05, 0) is 28.8 Å². The van der Waals surface area contributed by atoms with Crippen molar-refractivity contribution in [3.63, 3.8) is 0 Å². The largest absolute Gasteiger partial charge is 0.384 e. The molecule has 0 spiro atoms. The molecule has 0 bridgehead atoms. The molecular weight excluding hydrogens is 184 g/mol. The SMILES string of the molecule is COCCC(=O)CCc1ccsc1. The van der Waals surface area contributed by atoms with Crippen LogP contribution in [0.15, 0.2) is 16.8 Å². The second-order valence-corrected chi connectivity index (χ2v) is 3.69. The summed E-state index contributed by atoms with van der Waals surface area (Å²) in [7, 11) is 1.62. The Morgan fingerprint density at radius 3 is 3.00 bits per heavy atom. The number of methoxy groups -OCH3 is 1. The summed E-state index contributed by atoms with van der Waals surface area (Å²) >= 11 is 1.67. The Bertz CT molecular complexity index is 241. The summed E-state index contributed by atoms with van der Waals surface area (Å²) in [5, 5.41) is 4.12. The summed E-state index contributed by atoms with van der Waals surface area (Å²) < 4.78 is 4.83. The van der Waals surface area contributed by atoms with Crippen LogP contribution in [0.2, 0.25) is 0 Å². The molecule has 1 rings (SSSR count). The summed E-state index contributed by atoms with van der Waals surface area (Å²) in [6.45, 7) is 0.544. The number of rotatable bonds is 6. The van der Waals surface area contributed by atoms with Crippen LogP contribution >= 0.6 is 11.3 Å². The first-order valence-electron chi connectivity index (χ1n) is 4.34. The molecule has 0 atom stereocenters. The lowest BCUT2D eigenvalue weighted by atomic mass is 10.1. The summed E-state index contributed by atoms with van der Waals surface area (Å²) in [4.78, 5) is 11.2. The lowest BCUT2D eigenvalue weighted by molar-refractivity contribution is -0.119. The van der Waals surface area contributed by atoms with Crippen LogP contribution in [0.4, 0.5) is 0 Å². The maximum Gasteiger partial charge on any atom is 0.135 e. The van der Waals surface area contributed by atoms with Crippen molar-refractivity contribution in [2.24, 2.45) is 0 Å². The van der Waals surface area contributed by atoms with E-state index in [2.05, 4.69) is 11.4 Å². The van der Waals surface area contributed by atoms with Crippen LogP contribution in [0.25, 0.3) is 0 Å². The summed E-state index contributed by atoms with van der Waals surface area (Å²) in [5.41, 5.74) is 1.26. The minimum atomic E-state index is 0.285. The van der Waals surface area contributed by atoms with E-state index >= 15 is 0 Å². The zero-order valence-corrected chi connectivity index (χ0v) is 8.60. The molecule has 13 heavy (non-hydrogen) atoms. The number of carbonyl (C=O) groups is 1. The molecule has 0 aliphatic rings. The topological polar surface area (TPSA) is 26.3 Å². The molecule has 0 unspecified atom stereocenters. The summed E-state index contributed by atoms with van der Waals surface area (Å²) in [6, 6.07) is 2.06. The Morgan fingerprint density at radius 1 is 1.54 bits per heavy atom. The van der Waals surface area contributed by atoms with Crippen LogP contribution in [-0.2, 0) is 16.0 Å². The predicted octanol–water partition coefficient (Wildman–Crippen LogP) is 2.29. The second kappa shape index (κ2) is 5.89. The summed E-state index contributed by atoms with van der Waals surface area (Å²) in [6.07, 6.45) is 2.05. The lowest BCUT2D eigenvalue weighted by Crippen LogP contribution is -2.03. The van der Waals surface area contributed by atoms with Gasteiger partial charge in [0, 0.05) is 20.0 Å². The monoisotopic (exact) mass is 198 g/mol. The van der Waals surface area contributed by atoms with E-state index in [-0.39, 0.29) is 5.78 Å². The van der Waals surface area contributed by atoms with Gasteiger partial charge in [-0.25, -0.2) is 0 Å². The normalized spacial score (nSPS) is 10.2. The fourth-order valence-electron chi connectivity index (χ4n) is 1.06. The average molecular weight is 198 g/mol. The third-order valence-corrected chi connectivity index (χ3v) is 2.59. The van der Waals surface area contributed by atoms with Crippen molar-refractivity contribution in [1.82, 2.24) is 0 Å². The van der Waals surface area contributed by atoms with E-state index in [1.165, 1.54) is 5.56 Å². The van der Waals surface area contributed by atoms with Crippen LogP contribution in [0.3, 0.4) is 0 Å². The number of thiophene rings is 1. The number of aryl methyl sites for hydroxylation is 1. The molecule has 1 aromatic heterocycles. The number of ether oxygens (including phenoxy) is 1. The van der Waals surface area contributed by atoms with E-state index in [0.29, 0.717) is 19.4 Å². The van der Waals surface area contributed by atoms with E-state index < -0.39 is 0 Å². The zero-order valence-electron chi connectivity index (χ0n) is 7.79. The van der Waals surface area contributed by atoms with Crippen LogP contribution in [0.5, 0.6) is 0 Å². The smallest absolute Gasteiger partial charge is 0.135 e. The molecule has 0 fully saturated rings. The van der Waals surface area contributed by atoms with Gasteiger partial charge in [0.25, 0.3) is 0 Å². The third kappa shape index (κ3) is 4.20. The average Bonchev–Trinajstić information content (AvgIpc) is 2.64. The van der Waals surface area contributed by atoms with Gasteiger partial charge in [-0.3, -0.25) is 4.79 Å². The minimum absolute atomic E-state index is 0.285. The molecule has 0 saturated carbocycles. The van der Waals surface area contributed by atoms with E-state index in [1.54, 1.807) is 18.4 Å². The number of ketones is 1. The Balaban J connectivity index is 2.15. The first kappa shape index (κ1) is 10.4. The van der Waals surface area contributed by atoms with Gasteiger partial charge < -0.3 is 4.74 Å². The maximum atomic E-state index is 11.2. The Kier molecular flexibility index (Phi) is 4.72. The van der Waals surface area contributed by atoms with Gasteiger partial charge in [-0.2, -0.15) is 11.3 Å². The minimum Gasteiger partial charge on any atom is -0.384 e. The Morgan fingerprint density at radius 2 is 2.38 bits per heavy atom. The van der Waals surface area contributed by atoms with Crippen LogP contribution in [-0.4, -0.2) is 19.5 Å². The van der Waals surface area contributed by atoms with Crippen molar-refractivity contribution >= 4 is 17.1 Å². The molecule has 0 N–H and O–H groups in total. The van der Waals surface area contributed by atoms with Crippen molar-refractivity contribution < 1.29 is 9.53 Å². The van der Waals surface area contributed by atoms with Gasteiger partial charge in [-0.1, -0.05) is 0 Å². The molecule has 0 aliphatic heterocycles. The molecule has 72 valence electrons. The summed E-state index contributed by atoms with van der Waals surface area (Å²) in [5.74, 6) is 0.285. The number of hydrogen-bond acceptors (Lipinski definition) is 3. The van der Waals surface area contributed by atoms with Gasteiger partial charge >= 0.3 is 0 Å². The highest BCUT2D eigenvalue weighted by Crippen LogP contribution is 2.09. The number of carbonyl (C=O) groups excluding carboxylic acids is 1. The first-order valence-corrected chi connectivity index (χ1v) is 5.29. The highest BCUT2D eigenvalue weighted by Gasteiger charge is 2.02. The van der Waals surface area contributed by atoms with Gasteiger partial charge in [0.15, 0.2) is 0 Å². The van der Waals surface area contributed by atoms with Gasteiger partial charge in [0.2, 0.25) is 0 Å². The second-order valence-electron chi connectivity index (χ2n) is 2.91. The molecule has 0 saturated heterocycles. The Labute approximate surface area is 82.5 Å². The lowest BCUT2D eigenvalue weighted by Gasteiger charge is -1.98. The van der Waals surface area contributed by atoms with Gasteiger partial charge in [0.1, 0.15) is 5.78 Å². The molecule has 0 aromatic carbocycles. The van der Waals surface area contributed by atoms with Crippen molar-refractivity contribution in [1.29, 1.82) is 0 Å². The quantitative estimate of drug-likeness (QED) is 0.701. The van der Waals surface area contributed by atoms with Crippen molar-refractivity contribution in [3.05, 3.63) is 22.4 Å². The zero-order chi connectivity index (χ0) is 9.52. The van der Waals surface area contributed by atoms with Crippen molar-refractivity contribution in [2.45, 2.75) is 19.3 Å². The van der Waals surface area contributed by atoms with E-state index in [1.807, 2.05) is 5.38 Å². The highest BCUT2D eigenvalue weighted by molar-refractivity contribution is 7.07. The fourth-order valence-corrected chi connectivity index (χ4v) is 1.76. The number of hydrogen-bond donors (Lipinski definition) is 0. The van der Waals surface area contributed by atoms with E-state index in [4.69, 9.17) is 4.74 Å². The predicted molar refractivity (Wildman–Crippen MR) is 54.1 cm³/mol. The molecule has 0 amide bonds. The van der Waals surface area contributed by atoms with Gasteiger partial charge in [-0.15, -0.1) is 0 Å². The van der Waals surface area contributed by atoms with Crippen LogP contribution < -0.4 is 0 Å². The number of Topliss-reactive ketones (excluding diaryl/α,β-unsaturated/α-hetero) is 1. The molecule has 1 heterocycles. The van der Waals surface area contributed by atoms with Crippen LogP contribution in [0, 0.1) is 0 Å². The molecule has 0 aliphatic carbocycles. The highest BCUT2D eigenvalue weighted by atomic mass is 32.1. The van der Waals surface area contributed by atoms with Gasteiger partial charge in [0.05, 0.1) is 6.61 Å². The maximum absolute atomic E-state index is 11.2. The third-order valence-electron chi connectivity index (χ3n) is 1.86.